The fourth-order valence-corrected chi connectivity index (χ4v) is 1.86. The summed E-state index contributed by atoms with van der Waals surface area (Å²) in [5, 5.41) is 13.1. The highest BCUT2D eigenvalue weighted by atomic mass is 16.6. The van der Waals surface area contributed by atoms with Gasteiger partial charge in [0.05, 0.1) is 10.6 Å². The predicted molar refractivity (Wildman–Crippen MR) is 81.7 cm³/mol. The Morgan fingerprint density at radius 1 is 1.05 bits per heavy atom. The number of non-ortho nitro benzene ring substituents is 1. The highest BCUT2D eigenvalue weighted by Crippen LogP contribution is 2.18. The van der Waals surface area contributed by atoms with Gasteiger partial charge in [-0.3, -0.25) is 14.9 Å². The molecule has 0 bridgehead atoms. The molecular weight excluding hydrogens is 286 g/mol. The number of nitrogens with one attached hydrogen (secondary N) is 1. The third kappa shape index (κ3) is 3.45. The Morgan fingerprint density at radius 2 is 1.64 bits per heavy atom. The average molecular weight is 299 g/mol. The number of nitro benzene ring substituents is 1. The molecule has 22 heavy (non-hydrogen) atoms. The van der Waals surface area contributed by atoms with Crippen molar-refractivity contribution in [3.63, 3.8) is 0 Å². The monoisotopic (exact) mass is 299 g/mol. The molecule has 3 amide bonds. The first kappa shape index (κ1) is 15.2. The van der Waals surface area contributed by atoms with Crippen LogP contribution >= 0.6 is 0 Å². The highest BCUT2D eigenvalue weighted by molar-refractivity contribution is 6.17. The number of nitrogens with zero attached hydrogens (tertiary/aromatic N) is 2. The topological polar surface area (TPSA) is 92.6 Å². The average Bonchev–Trinajstić information content (AvgIpc) is 2.48. The molecule has 7 nitrogen and oxygen atoms in total. The van der Waals surface area contributed by atoms with Crippen molar-refractivity contribution < 1.29 is 14.5 Å². The van der Waals surface area contributed by atoms with Crippen LogP contribution in [0.3, 0.4) is 0 Å². The Kier molecular flexibility index (Phi) is 4.47. The van der Waals surface area contributed by atoms with Crippen LogP contribution in [0.15, 0.2) is 54.6 Å². The van der Waals surface area contributed by atoms with Crippen LogP contribution in [0.25, 0.3) is 0 Å². The van der Waals surface area contributed by atoms with Crippen molar-refractivity contribution in [1.82, 2.24) is 0 Å². The van der Waals surface area contributed by atoms with Crippen molar-refractivity contribution in [1.29, 1.82) is 0 Å². The number of carbonyl (C=O) groups is 2. The van der Waals surface area contributed by atoms with Gasteiger partial charge in [0.2, 0.25) is 5.91 Å². The molecule has 0 radical (unpaired) electrons. The molecule has 2 rings (SSSR count). The second-order valence-corrected chi connectivity index (χ2v) is 4.42. The molecule has 0 aliphatic rings. The Labute approximate surface area is 126 Å². The Morgan fingerprint density at radius 3 is 2.14 bits per heavy atom. The van der Waals surface area contributed by atoms with Crippen LogP contribution in [0.5, 0.6) is 0 Å². The molecule has 7 heteroatoms. The zero-order valence-electron chi connectivity index (χ0n) is 11.7. The van der Waals surface area contributed by atoms with Crippen molar-refractivity contribution in [2.24, 2.45) is 0 Å². The number of amides is 3. The molecule has 0 atom stereocenters. The number of urea groups is 1. The molecule has 0 saturated heterocycles. The van der Waals surface area contributed by atoms with Crippen LogP contribution in [0.1, 0.15) is 6.92 Å². The zero-order chi connectivity index (χ0) is 16.1. The van der Waals surface area contributed by atoms with E-state index in [0.29, 0.717) is 11.4 Å². The van der Waals surface area contributed by atoms with Crippen LogP contribution in [0.4, 0.5) is 21.9 Å². The van der Waals surface area contributed by atoms with Crippen molar-refractivity contribution in [3.8, 4) is 0 Å². The summed E-state index contributed by atoms with van der Waals surface area (Å²) in [5.74, 6) is -0.439. The lowest BCUT2D eigenvalue weighted by Gasteiger charge is -2.19. The summed E-state index contributed by atoms with van der Waals surface area (Å²) in [5.41, 5.74) is 0.719. The van der Waals surface area contributed by atoms with E-state index in [0.717, 1.165) is 4.90 Å². The Hall–Kier alpha value is -3.22. The quantitative estimate of drug-likeness (QED) is 0.695. The second kappa shape index (κ2) is 6.49. The molecule has 112 valence electrons. The van der Waals surface area contributed by atoms with Gasteiger partial charge in [-0.15, -0.1) is 0 Å². The first-order valence-electron chi connectivity index (χ1n) is 6.40. The summed E-state index contributed by atoms with van der Waals surface area (Å²) >= 11 is 0. The van der Waals surface area contributed by atoms with Crippen LogP contribution in [-0.2, 0) is 4.79 Å². The van der Waals surface area contributed by atoms with E-state index in [1.807, 2.05) is 0 Å². The molecule has 0 spiro atoms. The number of carbonyl (C=O) groups excluding carboxylic acids is 2. The van der Waals surface area contributed by atoms with E-state index in [2.05, 4.69) is 5.32 Å². The molecule has 0 aliphatic carbocycles. The fourth-order valence-electron chi connectivity index (χ4n) is 1.86. The van der Waals surface area contributed by atoms with Gasteiger partial charge in [-0.25, -0.2) is 9.69 Å². The first-order valence-corrected chi connectivity index (χ1v) is 6.40. The van der Waals surface area contributed by atoms with Gasteiger partial charge in [0.15, 0.2) is 0 Å². The number of anilines is 2. The van der Waals surface area contributed by atoms with Crippen molar-refractivity contribution in [3.05, 3.63) is 64.7 Å². The van der Waals surface area contributed by atoms with Crippen molar-refractivity contribution >= 4 is 29.0 Å². The van der Waals surface area contributed by atoms with Gasteiger partial charge in [-0.1, -0.05) is 18.2 Å². The highest BCUT2D eigenvalue weighted by Gasteiger charge is 2.20. The Balaban J connectivity index is 2.18. The number of benzene rings is 2. The molecule has 0 aromatic heterocycles. The molecule has 0 unspecified atom stereocenters. The first-order chi connectivity index (χ1) is 10.5. The summed E-state index contributed by atoms with van der Waals surface area (Å²) < 4.78 is 0. The number of hydrogen-bond acceptors (Lipinski definition) is 4. The molecule has 0 fully saturated rings. The van der Waals surface area contributed by atoms with E-state index in [-0.39, 0.29) is 5.69 Å². The number of imide groups is 1. The number of rotatable bonds is 3. The summed E-state index contributed by atoms with van der Waals surface area (Å²) in [6.07, 6.45) is 0. The van der Waals surface area contributed by atoms with Crippen molar-refractivity contribution in [2.45, 2.75) is 6.92 Å². The maximum atomic E-state index is 12.2. The third-order valence-corrected chi connectivity index (χ3v) is 2.86. The van der Waals surface area contributed by atoms with Crippen molar-refractivity contribution in [2.75, 3.05) is 10.2 Å². The third-order valence-electron chi connectivity index (χ3n) is 2.86. The smallest absolute Gasteiger partial charge is 0.307 e. The van der Waals surface area contributed by atoms with Crippen LogP contribution in [0, 0.1) is 10.1 Å². The largest absolute Gasteiger partial charge is 0.333 e. The molecule has 2 aromatic carbocycles. The number of nitro groups is 1. The summed E-state index contributed by atoms with van der Waals surface area (Å²) in [4.78, 5) is 35.0. The van der Waals surface area contributed by atoms with Gasteiger partial charge in [-0.2, -0.15) is 0 Å². The Bertz CT molecular complexity index is 698. The minimum atomic E-state index is -0.632. The van der Waals surface area contributed by atoms with E-state index in [1.54, 1.807) is 30.3 Å². The number of hydrogen-bond donors (Lipinski definition) is 1. The molecule has 0 saturated carbocycles. The van der Waals surface area contributed by atoms with Gasteiger partial charge < -0.3 is 5.32 Å². The maximum absolute atomic E-state index is 12.2. The van der Waals surface area contributed by atoms with E-state index in [9.17, 15) is 19.7 Å². The van der Waals surface area contributed by atoms with E-state index < -0.39 is 16.9 Å². The predicted octanol–water partition coefficient (Wildman–Crippen LogP) is 3.18. The SMILES string of the molecule is CC(=O)N(C(=O)Nc1ccc([N+](=O)[O-])cc1)c1ccccc1. The molecule has 2 aromatic rings. The van der Waals surface area contributed by atoms with Crippen LogP contribution in [0.2, 0.25) is 0 Å². The zero-order valence-corrected chi connectivity index (χ0v) is 11.7. The molecule has 1 N–H and O–H groups in total. The summed E-state index contributed by atoms with van der Waals surface area (Å²) in [6, 6.07) is 13.2. The van der Waals surface area contributed by atoms with E-state index in [1.165, 1.54) is 31.2 Å². The molecular formula is C15H13N3O4. The fraction of sp³-hybridized carbons (Fsp3) is 0.0667. The minimum Gasteiger partial charge on any atom is -0.307 e. The van der Waals surface area contributed by atoms with Gasteiger partial charge in [0, 0.05) is 24.7 Å². The van der Waals surface area contributed by atoms with Crippen LogP contribution in [-0.4, -0.2) is 16.9 Å². The summed E-state index contributed by atoms with van der Waals surface area (Å²) in [6.45, 7) is 1.28. The second-order valence-electron chi connectivity index (χ2n) is 4.42. The lowest BCUT2D eigenvalue weighted by Crippen LogP contribution is -2.38. The minimum absolute atomic E-state index is 0.0792. The van der Waals surface area contributed by atoms with Gasteiger partial charge in [-0.05, 0) is 24.3 Å². The van der Waals surface area contributed by atoms with Gasteiger partial charge in [0.25, 0.3) is 5.69 Å². The van der Waals surface area contributed by atoms with Gasteiger partial charge in [0.1, 0.15) is 0 Å². The molecule has 0 heterocycles. The molecule has 0 aliphatic heterocycles. The normalized spacial score (nSPS) is 9.86. The maximum Gasteiger partial charge on any atom is 0.333 e. The lowest BCUT2D eigenvalue weighted by atomic mass is 10.2. The van der Waals surface area contributed by atoms with Gasteiger partial charge >= 0.3 is 6.03 Å². The summed E-state index contributed by atoms with van der Waals surface area (Å²) in [7, 11) is 0. The van der Waals surface area contributed by atoms with E-state index in [4.69, 9.17) is 0 Å². The lowest BCUT2D eigenvalue weighted by molar-refractivity contribution is -0.384. The standard InChI is InChI=1S/C15H13N3O4/c1-11(19)17(13-5-3-2-4-6-13)15(20)16-12-7-9-14(10-8-12)18(21)22/h2-10H,1H3,(H,16,20). The van der Waals surface area contributed by atoms with Crippen LogP contribution < -0.4 is 10.2 Å². The number of para-hydroxylation sites is 1. The van der Waals surface area contributed by atoms with E-state index >= 15 is 0 Å².